The van der Waals surface area contributed by atoms with E-state index in [1.54, 1.807) is 11.8 Å². The molecule has 1 aromatic rings. The normalized spacial score (nSPS) is 24.4. The lowest BCUT2D eigenvalue weighted by Crippen LogP contribution is -2.47. The van der Waals surface area contributed by atoms with Gasteiger partial charge in [-0.1, -0.05) is 25.0 Å². The van der Waals surface area contributed by atoms with Crippen LogP contribution in [0.2, 0.25) is 0 Å². The van der Waals surface area contributed by atoms with Crippen molar-refractivity contribution in [2.75, 3.05) is 13.3 Å². The van der Waals surface area contributed by atoms with E-state index in [0.29, 0.717) is 12.1 Å². The number of rotatable bonds is 4. The molecule has 1 saturated carbocycles. The Morgan fingerprint density at radius 1 is 1.22 bits per heavy atom. The zero-order valence-electron chi connectivity index (χ0n) is 11.4. The largest absolute Gasteiger partial charge is 0.326 e. The zero-order chi connectivity index (χ0) is 13.0. The minimum atomic E-state index is 0.356. The average Bonchev–Trinajstić information content (AvgIpc) is 2.40. The van der Waals surface area contributed by atoms with Gasteiger partial charge in [0.1, 0.15) is 0 Å². The molecule has 0 spiro atoms. The predicted molar refractivity (Wildman–Crippen MR) is 79.9 cm³/mol. The molecule has 0 aromatic heterocycles. The number of hydrogen-bond donors (Lipinski definition) is 1. The van der Waals surface area contributed by atoms with Gasteiger partial charge in [-0.05, 0) is 43.8 Å². The van der Waals surface area contributed by atoms with Crippen LogP contribution in [0.3, 0.4) is 0 Å². The lowest BCUT2D eigenvalue weighted by Gasteiger charge is -2.36. The molecule has 100 valence electrons. The van der Waals surface area contributed by atoms with Crippen molar-refractivity contribution in [2.24, 2.45) is 5.73 Å². The maximum Gasteiger partial charge on any atom is 0.0247 e. The van der Waals surface area contributed by atoms with Crippen LogP contribution in [0.4, 0.5) is 0 Å². The van der Waals surface area contributed by atoms with E-state index in [9.17, 15) is 0 Å². The third kappa shape index (κ3) is 3.50. The number of nitrogens with zero attached hydrogens (tertiary/aromatic N) is 1. The highest BCUT2D eigenvalue weighted by Gasteiger charge is 2.25. The van der Waals surface area contributed by atoms with Gasteiger partial charge in [0, 0.05) is 23.5 Å². The topological polar surface area (TPSA) is 29.3 Å². The molecule has 1 aliphatic rings. The summed E-state index contributed by atoms with van der Waals surface area (Å²) in [6, 6.07) is 9.78. The van der Waals surface area contributed by atoms with Crippen LogP contribution in [-0.2, 0) is 6.54 Å². The van der Waals surface area contributed by atoms with Crippen LogP contribution in [0.25, 0.3) is 0 Å². The van der Waals surface area contributed by atoms with Crippen molar-refractivity contribution in [3.8, 4) is 0 Å². The number of hydrogen-bond acceptors (Lipinski definition) is 3. The molecule has 0 amide bonds. The third-order valence-corrected chi connectivity index (χ3v) is 4.68. The average molecular weight is 264 g/mol. The van der Waals surface area contributed by atoms with Gasteiger partial charge < -0.3 is 5.73 Å². The van der Waals surface area contributed by atoms with Crippen molar-refractivity contribution in [3.05, 3.63) is 29.8 Å². The summed E-state index contributed by atoms with van der Waals surface area (Å²) in [6.07, 6.45) is 7.17. The highest BCUT2D eigenvalue weighted by Crippen LogP contribution is 2.23. The molecule has 2 rings (SSSR count). The van der Waals surface area contributed by atoms with Gasteiger partial charge in [0.15, 0.2) is 0 Å². The van der Waals surface area contributed by atoms with Crippen molar-refractivity contribution in [1.29, 1.82) is 0 Å². The minimum Gasteiger partial charge on any atom is -0.326 e. The highest BCUT2D eigenvalue weighted by molar-refractivity contribution is 7.98. The Kier molecular flexibility index (Phi) is 5.10. The number of likely N-dealkylation sites (N-methyl/N-ethyl adjacent to an activating group) is 1. The van der Waals surface area contributed by atoms with Gasteiger partial charge >= 0.3 is 0 Å². The van der Waals surface area contributed by atoms with Gasteiger partial charge in [-0.25, -0.2) is 0 Å². The minimum absolute atomic E-state index is 0.356. The molecule has 2 atom stereocenters. The Labute approximate surface area is 115 Å². The van der Waals surface area contributed by atoms with E-state index in [4.69, 9.17) is 5.73 Å². The van der Waals surface area contributed by atoms with E-state index in [2.05, 4.69) is 42.5 Å². The van der Waals surface area contributed by atoms with Crippen molar-refractivity contribution in [1.82, 2.24) is 4.90 Å². The maximum absolute atomic E-state index is 6.23. The van der Waals surface area contributed by atoms with Crippen LogP contribution in [0.1, 0.15) is 31.2 Å². The van der Waals surface area contributed by atoms with Gasteiger partial charge in [-0.3, -0.25) is 4.90 Å². The predicted octanol–water partition coefficient (Wildman–Crippen LogP) is 3.11. The quantitative estimate of drug-likeness (QED) is 0.847. The van der Waals surface area contributed by atoms with Crippen LogP contribution >= 0.6 is 11.8 Å². The maximum atomic E-state index is 6.23. The van der Waals surface area contributed by atoms with Gasteiger partial charge in [-0.2, -0.15) is 0 Å². The molecule has 0 bridgehead atoms. The van der Waals surface area contributed by atoms with Crippen molar-refractivity contribution < 1.29 is 0 Å². The summed E-state index contributed by atoms with van der Waals surface area (Å²) >= 11 is 1.79. The summed E-state index contributed by atoms with van der Waals surface area (Å²) in [5, 5.41) is 0. The first-order valence-electron chi connectivity index (χ1n) is 6.79. The smallest absolute Gasteiger partial charge is 0.0247 e. The summed E-state index contributed by atoms with van der Waals surface area (Å²) < 4.78 is 0. The Morgan fingerprint density at radius 2 is 1.89 bits per heavy atom. The Hall–Kier alpha value is -0.510. The molecule has 1 aromatic carbocycles. The summed E-state index contributed by atoms with van der Waals surface area (Å²) in [5.41, 5.74) is 7.62. The fourth-order valence-electron chi connectivity index (χ4n) is 2.82. The van der Waals surface area contributed by atoms with E-state index < -0.39 is 0 Å². The molecule has 3 heteroatoms. The second-order valence-corrected chi connectivity index (χ2v) is 6.16. The summed E-state index contributed by atoms with van der Waals surface area (Å²) in [7, 11) is 2.21. The van der Waals surface area contributed by atoms with E-state index in [0.717, 1.165) is 6.54 Å². The highest BCUT2D eigenvalue weighted by atomic mass is 32.2. The molecular formula is C15H24N2S. The second kappa shape index (κ2) is 6.60. The van der Waals surface area contributed by atoms with Crippen LogP contribution in [-0.4, -0.2) is 30.3 Å². The SMILES string of the molecule is CSc1ccc(CN(C)C2CCCCC2N)cc1. The molecule has 0 aliphatic heterocycles. The van der Waals surface area contributed by atoms with E-state index in [-0.39, 0.29) is 0 Å². The molecule has 0 saturated heterocycles. The monoisotopic (exact) mass is 264 g/mol. The zero-order valence-corrected chi connectivity index (χ0v) is 12.2. The number of nitrogens with two attached hydrogens (primary N) is 1. The van der Waals surface area contributed by atoms with Crippen molar-refractivity contribution in [2.45, 2.75) is 49.2 Å². The molecule has 2 unspecified atom stereocenters. The fourth-order valence-corrected chi connectivity index (χ4v) is 3.23. The van der Waals surface area contributed by atoms with Gasteiger partial charge in [0.05, 0.1) is 0 Å². The first-order valence-corrected chi connectivity index (χ1v) is 8.02. The van der Waals surface area contributed by atoms with Gasteiger partial charge in [0.25, 0.3) is 0 Å². The van der Waals surface area contributed by atoms with E-state index in [1.807, 2.05) is 0 Å². The Balaban J connectivity index is 1.94. The number of benzene rings is 1. The van der Waals surface area contributed by atoms with E-state index >= 15 is 0 Å². The molecule has 2 N–H and O–H groups in total. The van der Waals surface area contributed by atoms with E-state index in [1.165, 1.54) is 36.1 Å². The van der Waals surface area contributed by atoms with Gasteiger partial charge in [-0.15, -0.1) is 11.8 Å². The first-order chi connectivity index (χ1) is 8.70. The standard InChI is InChI=1S/C15H24N2S/c1-17(15-6-4-3-5-14(15)16)11-12-7-9-13(18-2)10-8-12/h7-10,14-15H,3-6,11,16H2,1-2H3. The third-order valence-electron chi connectivity index (χ3n) is 3.94. The van der Waals surface area contributed by atoms with Crippen LogP contribution in [0, 0.1) is 0 Å². The van der Waals surface area contributed by atoms with Crippen molar-refractivity contribution >= 4 is 11.8 Å². The molecule has 1 fully saturated rings. The Bertz CT molecular complexity index is 363. The summed E-state index contributed by atoms with van der Waals surface area (Å²) in [5.74, 6) is 0. The second-order valence-electron chi connectivity index (χ2n) is 5.28. The molecule has 1 aliphatic carbocycles. The summed E-state index contributed by atoms with van der Waals surface area (Å²) in [6.45, 7) is 1.01. The molecule has 0 radical (unpaired) electrons. The molecular weight excluding hydrogens is 240 g/mol. The van der Waals surface area contributed by atoms with Crippen LogP contribution in [0.5, 0.6) is 0 Å². The molecule has 0 heterocycles. The van der Waals surface area contributed by atoms with Crippen molar-refractivity contribution in [3.63, 3.8) is 0 Å². The summed E-state index contributed by atoms with van der Waals surface area (Å²) in [4.78, 5) is 3.76. The van der Waals surface area contributed by atoms with Crippen LogP contribution in [0.15, 0.2) is 29.2 Å². The first kappa shape index (κ1) is 13.9. The van der Waals surface area contributed by atoms with Crippen LogP contribution < -0.4 is 5.73 Å². The molecule has 2 nitrogen and oxygen atoms in total. The van der Waals surface area contributed by atoms with Gasteiger partial charge in [0.2, 0.25) is 0 Å². The Morgan fingerprint density at radius 3 is 2.50 bits per heavy atom. The molecule has 18 heavy (non-hydrogen) atoms. The fraction of sp³-hybridized carbons (Fsp3) is 0.600. The lowest BCUT2D eigenvalue weighted by atomic mass is 9.90. The lowest BCUT2D eigenvalue weighted by molar-refractivity contribution is 0.162. The number of thioether (sulfide) groups is 1.